The molecule has 0 amide bonds. The standard InChI is InChI=1S/C12H16ClFN2O2S/c13-11-5-4-9(14)7-12(11)19(17,18)16-8-10-3-1-2-6-15-10/h4-5,7,10,15-16H,1-3,6,8H2/t10-/m0/s1. The average Bonchev–Trinajstić information content (AvgIpc) is 2.40. The molecule has 19 heavy (non-hydrogen) atoms. The Morgan fingerprint density at radius 1 is 1.42 bits per heavy atom. The topological polar surface area (TPSA) is 58.2 Å². The lowest BCUT2D eigenvalue weighted by Crippen LogP contribution is -2.43. The zero-order valence-corrected chi connectivity index (χ0v) is 11.9. The number of benzene rings is 1. The van der Waals surface area contributed by atoms with E-state index in [1.165, 1.54) is 6.07 Å². The monoisotopic (exact) mass is 306 g/mol. The number of sulfonamides is 1. The fourth-order valence-corrected chi connectivity index (χ4v) is 3.66. The van der Waals surface area contributed by atoms with E-state index >= 15 is 0 Å². The van der Waals surface area contributed by atoms with Crippen LogP contribution in [-0.4, -0.2) is 27.5 Å². The molecule has 2 N–H and O–H groups in total. The summed E-state index contributed by atoms with van der Waals surface area (Å²) in [4.78, 5) is -0.218. The first-order chi connectivity index (χ1) is 8.99. The van der Waals surface area contributed by atoms with Gasteiger partial charge in [0, 0.05) is 12.6 Å². The maximum atomic E-state index is 13.1. The van der Waals surface area contributed by atoms with E-state index in [0.29, 0.717) is 0 Å². The van der Waals surface area contributed by atoms with E-state index in [4.69, 9.17) is 11.6 Å². The summed E-state index contributed by atoms with van der Waals surface area (Å²) in [6.45, 7) is 1.18. The molecular formula is C12H16ClFN2O2S. The van der Waals surface area contributed by atoms with Gasteiger partial charge in [-0.2, -0.15) is 0 Å². The first-order valence-electron chi connectivity index (χ1n) is 6.17. The smallest absolute Gasteiger partial charge is 0.242 e. The fourth-order valence-electron chi connectivity index (χ4n) is 2.07. The van der Waals surface area contributed by atoms with E-state index in [1.54, 1.807) is 0 Å². The molecule has 0 spiro atoms. The van der Waals surface area contributed by atoms with Crippen LogP contribution in [0.5, 0.6) is 0 Å². The van der Waals surface area contributed by atoms with E-state index in [1.807, 2.05) is 0 Å². The highest BCUT2D eigenvalue weighted by molar-refractivity contribution is 7.89. The summed E-state index contributed by atoms with van der Waals surface area (Å²) in [6.07, 6.45) is 3.12. The first-order valence-corrected chi connectivity index (χ1v) is 8.03. The molecule has 1 aliphatic heterocycles. The molecule has 1 aliphatic rings. The number of piperidine rings is 1. The molecule has 0 radical (unpaired) electrons. The molecular weight excluding hydrogens is 291 g/mol. The van der Waals surface area contributed by atoms with Gasteiger partial charge in [-0.25, -0.2) is 17.5 Å². The van der Waals surface area contributed by atoms with Crippen LogP contribution < -0.4 is 10.0 Å². The normalized spacial score (nSPS) is 20.4. The van der Waals surface area contributed by atoms with Gasteiger partial charge in [0.1, 0.15) is 10.7 Å². The Hall–Kier alpha value is -0.690. The number of rotatable bonds is 4. The van der Waals surface area contributed by atoms with Gasteiger partial charge in [0.05, 0.1) is 5.02 Å². The zero-order valence-electron chi connectivity index (χ0n) is 10.3. The van der Waals surface area contributed by atoms with Gasteiger partial charge >= 0.3 is 0 Å². The van der Waals surface area contributed by atoms with Crippen LogP contribution in [0.4, 0.5) is 4.39 Å². The molecule has 106 valence electrons. The maximum Gasteiger partial charge on any atom is 0.242 e. The summed E-state index contributed by atoms with van der Waals surface area (Å²) in [5.41, 5.74) is 0. The van der Waals surface area contributed by atoms with Gasteiger partial charge in [-0.15, -0.1) is 0 Å². The van der Waals surface area contributed by atoms with Crippen molar-refractivity contribution in [2.75, 3.05) is 13.1 Å². The van der Waals surface area contributed by atoms with Crippen LogP contribution in [0.3, 0.4) is 0 Å². The van der Waals surface area contributed by atoms with Crippen LogP contribution in [0.1, 0.15) is 19.3 Å². The highest BCUT2D eigenvalue weighted by atomic mass is 35.5. The van der Waals surface area contributed by atoms with Crippen molar-refractivity contribution in [3.63, 3.8) is 0 Å². The van der Waals surface area contributed by atoms with Gasteiger partial charge in [0.15, 0.2) is 0 Å². The summed E-state index contributed by atoms with van der Waals surface area (Å²) >= 11 is 5.80. The number of hydrogen-bond acceptors (Lipinski definition) is 3. The van der Waals surface area contributed by atoms with Crippen LogP contribution in [0, 0.1) is 5.82 Å². The van der Waals surface area contributed by atoms with Gasteiger partial charge in [-0.05, 0) is 37.6 Å². The highest BCUT2D eigenvalue weighted by Gasteiger charge is 2.21. The molecule has 4 nitrogen and oxygen atoms in total. The van der Waals surface area contributed by atoms with E-state index < -0.39 is 15.8 Å². The number of hydrogen-bond donors (Lipinski definition) is 2. The summed E-state index contributed by atoms with van der Waals surface area (Å²) in [6, 6.07) is 3.42. The Balaban J connectivity index is 2.07. The largest absolute Gasteiger partial charge is 0.313 e. The Labute approximate surface area is 117 Å². The molecule has 1 aromatic rings. The Morgan fingerprint density at radius 3 is 2.89 bits per heavy atom. The average molecular weight is 307 g/mol. The van der Waals surface area contributed by atoms with E-state index in [-0.39, 0.29) is 22.5 Å². The third-order valence-corrected chi connectivity index (χ3v) is 5.02. The molecule has 7 heteroatoms. The first kappa shape index (κ1) is 14.7. The minimum Gasteiger partial charge on any atom is -0.313 e. The van der Waals surface area contributed by atoms with Crippen molar-refractivity contribution < 1.29 is 12.8 Å². The molecule has 0 bridgehead atoms. The van der Waals surface area contributed by atoms with Crippen LogP contribution in [0.15, 0.2) is 23.1 Å². The van der Waals surface area contributed by atoms with Crippen molar-refractivity contribution in [2.45, 2.75) is 30.2 Å². The summed E-state index contributed by atoms with van der Waals surface area (Å²) in [5, 5.41) is 3.25. The lowest BCUT2D eigenvalue weighted by atomic mass is 10.1. The minimum absolute atomic E-state index is 0.0190. The Kier molecular flexibility index (Phi) is 4.78. The van der Waals surface area contributed by atoms with Gasteiger partial charge in [-0.3, -0.25) is 0 Å². The molecule has 0 unspecified atom stereocenters. The molecule has 0 aromatic heterocycles. The second kappa shape index (κ2) is 6.17. The van der Waals surface area contributed by atoms with Crippen molar-refractivity contribution in [3.05, 3.63) is 29.0 Å². The molecule has 0 saturated carbocycles. The van der Waals surface area contributed by atoms with Crippen LogP contribution in [-0.2, 0) is 10.0 Å². The van der Waals surface area contributed by atoms with Crippen molar-refractivity contribution in [1.82, 2.24) is 10.0 Å². The molecule has 1 saturated heterocycles. The van der Waals surface area contributed by atoms with E-state index in [9.17, 15) is 12.8 Å². The van der Waals surface area contributed by atoms with Gasteiger partial charge in [0.2, 0.25) is 10.0 Å². The SMILES string of the molecule is O=S(=O)(NC[C@@H]1CCCCN1)c1cc(F)ccc1Cl. The van der Waals surface area contributed by atoms with Crippen molar-refractivity contribution in [3.8, 4) is 0 Å². The van der Waals surface area contributed by atoms with Crippen molar-refractivity contribution in [2.24, 2.45) is 0 Å². The third-order valence-electron chi connectivity index (χ3n) is 3.11. The molecule has 1 heterocycles. The minimum atomic E-state index is -3.77. The second-order valence-corrected chi connectivity index (χ2v) is 6.72. The Bertz CT molecular complexity index is 545. The fraction of sp³-hybridized carbons (Fsp3) is 0.500. The maximum absolute atomic E-state index is 13.1. The predicted octanol–water partition coefficient (Wildman–Crippen LogP) is 1.90. The third kappa shape index (κ3) is 3.89. The van der Waals surface area contributed by atoms with Crippen LogP contribution in [0.25, 0.3) is 0 Å². The number of halogens is 2. The predicted molar refractivity (Wildman–Crippen MR) is 72.2 cm³/mol. The lowest BCUT2D eigenvalue weighted by molar-refractivity contribution is 0.398. The van der Waals surface area contributed by atoms with Crippen LogP contribution in [0.2, 0.25) is 5.02 Å². The summed E-state index contributed by atoms with van der Waals surface area (Å²) in [7, 11) is -3.77. The molecule has 2 rings (SSSR count). The van der Waals surface area contributed by atoms with Gasteiger partial charge in [0.25, 0.3) is 0 Å². The second-order valence-electron chi connectivity index (χ2n) is 4.57. The van der Waals surface area contributed by atoms with Gasteiger partial charge in [-0.1, -0.05) is 18.0 Å². The van der Waals surface area contributed by atoms with E-state index in [0.717, 1.165) is 37.9 Å². The molecule has 1 atom stereocenters. The zero-order chi connectivity index (χ0) is 13.9. The molecule has 0 aliphatic carbocycles. The van der Waals surface area contributed by atoms with E-state index in [2.05, 4.69) is 10.0 Å². The van der Waals surface area contributed by atoms with Gasteiger partial charge < -0.3 is 5.32 Å². The molecule has 1 fully saturated rings. The Morgan fingerprint density at radius 2 is 2.21 bits per heavy atom. The quantitative estimate of drug-likeness (QED) is 0.893. The van der Waals surface area contributed by atoms with Crippen molar-refractivity contribution in [1.29, 1.82) is 0 Å². The summed E-state index contributed by atoms with van der Waals surface area (Å²) < 4.78 is 39.7. The number of nitrogens with one attached hydrogen (secondary N) is 2. The highest BCUT2D eigenvalue weighted by Crippen LogP contribution is 2.22. The summed E-state index contributed by atoms with van der Waals surface area (Å²) in [5.74, 6) is -0.624. The molecule has 1 aromatic carbocycles. The van der Waals surface area contributed by atoms with Crippen LogP contribution >= 0.6 is 11.6 Å². The lowest BCUT2D eigenvalue weighted by Gasteiger charge is -2.23. The van der Waals surface area contributed by atoms with Crippen molar-refractivity contribution >= 4 is 21.6 Å².